The van der Waals surface area contributed by atoms with Gasteiger partial charge in [0.2, 0.25) is 0 Å². The van der Waals surface area contributed by atoms with Gasteiger partial charge < -0.3 is 4.74 Å². The van der Waals surface area contributed by atoms with E-state index < -0.39 is 11.9 Å². The maximum absolute atomic E-state index is 14.9. The second-order valence-electron chi connectivity index (χ2n) is 8.91. The summed E-state index contributed by atoms with van der Waals surface area (Å²) in [6.07, 6.45) is 6.47. The minimum absolute atomic E-state index is 0.138. The molecule has 1 saturated carbocycles. The lowest BCUT2D eigenvalue weighted by atomic mass is 9.76. The molecule has 0 aromatic heterocycles. The van der Waals surface area contributed by atoms with Crippen LogP contribution in [-0.4, -0.2) is 0 Å². The Bertz CT molecular complexity index is 897. The summed E-state index contributed by atoms with van der Waals surface area (Å²) in [5.41, 5.74) is 2.00. The van der Waals surface area contributed by atoms with Crippen LogP contribution in [0, 0.1) is 11.7 Å². The second-order valence-corrected chi connectivity index (χ2v) is 8.91. The number of aryl methyl sites for hydroxylation is 1. The summed E-state index contributed by atoms with van der Waals surface area (Å²) in [7, 11) is 0. The van der Waals surface area contributed by atoms with Gasteiger partial charge >= 0.3 is 6.11 Å². The molecule has 1 aliphatic heterocycles. The average molecular weight is 417 g/mol. The Labute approximate surface area is 177 Å². The first-order valence-electron chi connectivity index (χ1n) is 11.5. The van der Waals surface area contributed by atoms with Crippen LogP contribution < -0.4 is 4.74 Å². The summed E-state index contributed by atoms with van der Waals surface area (Å²) in [4.78, 5) is 0. The zero-order valence-corrected chi connectivity index (χ0v) is 17.9. The maximum atomic E-state index is 14.9. The Balaban J connectivity index is 1.57. The van der Waals surface area contributed by atoms with Gasteiger partial charge in [-0.15, -0.1) is 0 Å². The van der Waals surface area contributed by atoms with Gasteiger partial charge in [-0.1, -0.05) is 63.8 Å². The van der Waals surface area contributed by atoms with E-state index in [1.165, 1.54) is 38.5 Å². The number of fused-ring (bicyclic) bond motifs is 3. The van der Waals surface area contributed by atoms with E-state index in [0.717, 1.165) is 24.3 Å². The lowest BCUT2D eigenvalue weighted by Gasteiger charge is -2.32. The number of rotatable bonds is 6. The van der Waals surface area contributed by atoms with Crippen LogP contribution in [0.25, 0.3) is 11.1 Å². The number of ether oxygens (including phenoxy) is 1. The molecule has 4 heteroatoms. The third kappa shape index (κ3) is 3.98. The number of alkyl halides is 2. The van der Waals surface area contributed by atoms with Crippen LogP contribution in [0.5, 0.6) is 5.75 Å². The molecule has 1 fully saturated rings. The van der Waals surface area contributed by atoms with Crippen LogP contribution in [0.1, 0.15) is 87.8 Å². The van der Waals surface area contributed by atoms with Crippen LogP contribution >= 0.6 is 0 Å². The van der Waals surface area contributed by atoms with Crippen LogP contribution in [0.3, 0.4) is 0 Å². The Morgan fingerprint density at radius 3 is 2.40 bits per heavy atom. The van der Waals surface area contributed by atoms with Gasteiger partial charge in [0, 0.05) is 5.56 Å². The molecule has 1 heterocycles. The van der Waals surface area contributed by atoms with E-state index in [4.69, 9.17) is 4.74 Å². The van der Waals surface area contributed by atoms with E-state index in [9.17, 15) is 13.2 Å². The fourth-order valence-electron chi connectivity index (χ4n) is 5.12. The van der Waals surface area contributed by atoms with Crippen LogP contribution in [0.4, 0.5) is 13.2 Å². The number of halogens is 3. The average Bonchev–Trinajstić information content (AvgIpc) is 2.75. The molecule has 2 aliphatic rings. The predicted molar refractivity (Wildman–Crippen MR) is 115 cm³/mol. The molecule has 30 heavy (non-hydrogen) atoms. The molecule has 0 radical (unpaired) electrons. The first kappa shape index (κ1) is 21.3. The fourth-order valence-corrected chi connectivity index (χ4v) is 5.12. The molecule has 0 saturated heterocycles. The number of unbranched alkanes of at least 4 members (excludes halogenated alkanes) is 2. The smallest absolute Gasteiger partial charge is 0.425 e. The van der Waals surface area contributed by atoms with Gasteiger partial charge in [0.05, 0.1) is 5.56 Å². The summed E-state index contributed by atoms with van der Waals surface area (Å²) in [5.74, 6) is 0.0879. The minimum Gasteiger partial charge on any atom is -0.425 e. The van der Waals surface area contributed by atoms with E-state index in [-0.39, 0.29) is 11.3 Å². The van der Waals surface area contributed by atoms with Gasteiger partial charge in [0.15, 0.2) is 11.6 Å². The van der Waals surface area contributed by atoms with Crippen LogP contribution in [0.15, 0.2) is 30.3 Å². The molecule has 0 amide bonds. The quantitative estimate of drug-likeness (QED) is 0.430. The fraction of sp³-hybridized carbons (Fsp3) is 0.538. The summed E-state index contributed by atoms with van der Waals surface area (Å²) in [6.45, 7) is 4.02. The van der Waals surface area contributed by atoms with E-state index in [2.05, 4.69) is 6.92 Å². The Morgan fingerprint density at radius 2 is 1.70 bits per heavy atom. The van der Waals surface area contributed by atoms with E-state index in [0.29, 0.717) is 29.0 Å². The van der Waals surface area contributed by atoms with Crippen molar-refractivity contribution in [2.45, 2.75) is 83.7 Å². The predicted octanol–water partition coefficient (Wildman–Crippen LogP) is 8.35. The Hall–Kier alpha value is -1.97. The normalized spacial score (nSPS) is 22.2. The number of hydrogen-bond acceptors (Lipinski definition) is 1. The first-order chi connectivity index (χ1) is 14.4. The summed E-state index contributed by atoms with van der Waals surface area (Å²) in [5, 5.41) is 0. The molecule has 2 aromatic rings. The van der Waals surface area contributed by atoms with Gasteiger partial charge in [-0.05, 0) is 66.7 Å². The molecular weight excluding hydrogens is 385 g/mol. The molecule has 0 unspecified atom stereocenters. The van der Waals surface area contributed by atoms with Crippen molar-refractivity contribution in [3.63, 3.8) is 0 Å². The molecule has 2 aromatic carbocycles. The highest BCUT2D eigenvalue weighted by molar-refractivity contribution is 5.77. The van der Waals surface area contributed by atoms with Gasteiger partial charge in [-0.3, -0.25) is 0 Å². The lowest BCUT2D eigenvalue weighted by molar-refractivity contribution is -0.188. The van der Waals surface area contributed by atoms with Crippen molar-refractivity contribution in [3.8, 4) is 16.9 Å². The second kappa shape index (κ2) is 8.64. The highest BCUT2D eigenvalue weighted by Gasteiger charge is 2.43. The molecule has 1 aliphatic carbocycles. The molecule has 1 nitrogen and oxygen atoms in total. The third-order valence-corrected chi connectivity index (χ3v) is 6.97. The van der Waals surface area contributed by atoms with Crippen molar-refractivity contribution in [2.75, 3.05) is 0 Å². The summed E-state index contributed by atoms with van der Waals surface area (Å²) in [6, 6.07) is 8.66. The third-order valence-electron chi connectivity index (χ3n) is 6.97. The molecule has 162 valence electrons. The van der Waals surface area contributed by atoms with Gasteiger partial charge in [0.25, 0.3) is 0 Å². The van der Waals surface area contributed by atoms with Gasteiger partial charge in [-0.25, -0.2) is 4.39 Å². The van der Waals surface area contributed by atoms with E-state index in [1.54, 1.807) is 31.2 Å². The van der Waals surface area contributed by atoms with Crippen molar-refractivity contribution >= 4 is 0 Å². The largest absolute Gasteiger partial charge is 0.427 e. The molecule has 0 spiro atoms. The summed E-state index contributed by atoms with van der Waals surface area (Å²) < 4.78 is 49.3. The Morgan fingerprint density at radius 1 is 0.967 bits per heavy atom. The highest BCUT2D eigenvalue weighted by Crippen LogP contribution is 2.50. The van der Waals surface area contributed by atoms with Crippen molar-refractivity contribution in [1.29, 1.82) is 0 Å². The van der Waals surface area contributed by atoms with E-state index in [1.807, 2.05) is 6.07 Å². The standard InChI is InChI=1S/C26H31F3O/c1-3-5-6-7-17-8-10-19(11-9-17)20-13-14-21-22-15-12-18(4-2)24(27)25(22)30-26(28,29)23(21)16-20/h12-17,19H,3-11H2,1-2H3. The SMILES string of the molecule is CCCCCC1CCC(c2ccc3c(c2)C(F)(F)Oc2c-3ccc(CC)c2F)CC1. The lowest BCUT2D eigenvalue weighted by Crippen LogP contribution is -2.27. The molecule has 0 bridgehead atoms. The van der Waals surface area contributed by atoms with Crippen molar-refractivity contribution in [1.82, 2.24) is 0 Å². The maximum Gasteiger partial charge on any atom is 0.427 e. The highest BCUT2D eigenvalue weighted by atomic mass is 19.3. The number of benzene rings is 2. The molecule has 0 atom stereocenters. The topological polar surface area (TPSA) is 9.23 Å². The minimum atomic E-state index is -3.52. The molecular formula is C26H31F3O. The van der Waals surface area contributed by atoms with Gasteiger partial charge in [-0.2, -0.15) is 8.78 Å². The number of hydrogen-bond donors (Lipinski definition) is 0. The molecule has 0 N–H and O–H groups in total. The van der Waals surface area contributed by atoms with Crippen molar-refractivity contribution in [3.05, 3.63) is 52.8 Å². The Kier molecular flexibility index (Phi) is 6.13. The van der Waals surface area contributed by atoms with Crippen molar-refractivity contribution < 1.29 is 17.9 Å². The van der Waals surface area contributed by atoms with Gasteiger partial charge in [0.1, 0.15) is 0 Å². The monoisotopic (exact) mass is 416 g/mol. The summed E-state index contributed by atoms with van der Waals surface area (Å²) >= 11 is 0. The van der Waals surface area contributed by atoms with Crippen LogP contribution in [-0.2, 0) is 12.5 Å². The molecule has 4 rings (SSSR count). The zero-order chi connectivity index (χ0) is 21.3. The zero-order valence-electron chi connectivity index (χ0n) is 17.9. The first-order valence-corrected chi connectivity index (χ1v) is 11.5. The van der Waals surface area contributed by atoms with Crippen molar-refractivity contribution in [2.24, 2.45) is 5.92 Å². The van der Waals surface area contributed by atoms with E-state index >= 15 is 0 Å². The van der Waals surface area contributed by atoms with Crippen LogP contribution in [0.2, 0.25) is 0 Å².